The maximum absolute atomic E-state index is 10.1. The molecule has 0 spiro atoms. The van der Waals surface area contributed by atoms with Crippen molar-refractivity contribution in [2.24, 2.45) is 5.34 Å². The summed E-state index contributed by atoms with van der Waals surface area (Å²) >= 11 is 0. The SMILES string of the molecule is O=C([O-])c1ccccc1.O=N[O-].O=P([O-])(O)O.[K+].[Na+].[Na+]. The molecule has 0 aliphatic heterocycles. The molecular formula is C7H7KNNa2O8P. The third-order valence-corrected chi connectivity index (χ3v) is 1.01. The first-order chi connectivity index (χ1) is 7.72. The van der Waals surface area contributed by atoms with E-state index in [0.717, 1.165) is 5.34 Å². The van der Waals surface area contributed by atoms with Crippen LogP contribution < -0.4 is 120 Å². The van der Waals surface area contributed by atoms with Gasteiger partial charge in [0, 0.05) is 0 Å². The van der Waals surface area contributed by atoms with Gasteiger partial charge in [0.05, 0.1) is 5.97 Å². The van der Waals surface area contributed by atoms with Gasteiger partial charge in [-0.05, 0) is 5.56 Å². The molecule has 0 aliphatic carbocycles. The van der Waals surface area contributed by atoms with Crippen molar-refractivity contribution in [3.8, 4) is 0 Å². The summed E-state index contributed by atoms with van der Waals surface area (Å²) in [6.07, 6.45) is 0. The minimum atomic E-state index is -4.89. The predicted molar refractivity (Wildman–Crippen MR) is 52.0 cm³/mol. The van der Waals surface area contributed by atoms with E-state index in [1.807, 2.05) is 0 Å². The monoisotopic (exact) mass is 349 g/mol. The molecule has 1 aromatic carbocycles. The number of hydrogen-bond donors (Lipinski definition) is 2. The fourth-order valence-corrected chi connectivity index (χ4v) is 0.574. The Kier molecular flexibility index (Phi) is 34.8. The zero-order chi connectivity index (χ0) is 13.9. The van der Waals surface area contributed by atoms with Gasteiger partial charge in [0.1, 0.15) is 0 Å². The Morgan fingerprint density at radius 2 is 1.40 bits per heavy atom. The molecule has 20 heavy (non-hydrogen) atoms. The fourth-order valence-electron chi connectivity index (χ4n) is 0.574. The standard InChI is InChI=1S/C7H6O2.K.HNO2.2Na.H3O4P/c8-7(9)6-4-2-1-3-5-6;;2-1-3;;;1-5(2,3)4/h1-5H,(H,8,9);;(H,2,3);;;(H3,1,2,3,4)/q;+1;;2*+1;/p-3. The summed E-state index contributed by atoms with van der Waals surface area (Å²) in [5.41, 5.74) is 0.220. The molecule has 1 rings (SSSR count). The summed E-state index contributed by atoms with van der Waals surface area (Å²) in [5.74, 6) is -1.13. The van der Waals surface area contributed by atoms with Gasteiger partial charge in [-0.25, -0.2) is 0 Å². The maximum Gasteiger partial charge on any atom is 1.00 e. The van der Waals surface area contributed by atoms with E-state index >= 15 is 0 Å². The second-order valence-electron chi connectivity index (χ2n) is 2.22. The molecule has 0 unspecified atom stereocenters. The second-order valence-corrected chi connectivity index (χ2v) is 3.20. The molecule has 0 saturated carbocycles. The maximum atomic E-state index is 10.1. The Morgan fingerprint density at radius 3 is 1.55 bits per heavy atom. The van der Waals surface area contributed by atoms with Gasteiger partial charge in [-0.2, -0.15) is 0 Å². The van der Waals surface area contributed by atoms with Crippen LogP contribution >= 0.6 is 7.82 Å². The van der Waals surface area contributed by atoms with Gasteiger partial charge < -0.3 is 34.7 Å². The van der Waals surface area contributed by atoms with E-state index in [4.69, 9.17) is 29.4 Å². The van der Waals surface area contributed by atoms with Gasteiger partial charge in [-0.3, -0.25) is 4.57 Å². The molecule has 13 heteroatoms. The van der Waals surface area contributed by atoms with Crippen LogP contribution in [-0.2, 0) is 4.57 Å². The van der Waals surface area contributed by atoms with Crippen LogP contribution in [0, 0.1) is 10.1 Å². The van der Waals surface area contributed by atoms with Gasteiger partial charge in [-0.1, -0.05) is 30.3 Å². The van der Waals surface area contributed by atoms with Crippen LogP contribution in [0.1, 0.15) is 10.4 Å². The Balaban J connectivity index is -0.0000000601. The summed E-state index contributed by atoms with van der Waals surface area (Å²) < 4.78 is 8.77. The zero-order valence-corrected chi connectivity index (χ0v) is 19.1. The first-order valence-electron chi connectivity index (χ1n) is 3.70. The van der Waals surface area contributed by atoms with Gasteiger partial charge in [0.2, 0.25) is 0 Å². The first-order valence-corrected chi connectivity index (χ1v) is 5.23. The molecule has 1 aromatic rings. The van der Waals surface area contributed by atoms with Crippen LogP contribution in [0.5, 0.6) is 0 Å². The van der Waals surface area contributed by atoms with Crippen molar-refractivity contribution in [1.82, 2.24) is 0 Å². The third kappa shape index (κ3) is 36.8. The number of aromatic carboxylic acids is 1. The van der Waals surface area contributed by atoms with Crippen molar-refractivity contribution in [2.75, 3.05) is 0 Å². The van der Waals surface area contributed by atoms with Crippen LogP contribution in [0.4, 0.5) is 0 Å². The third-order valence-electron chi connectivity index (χ3n) is 1.01. The van der Waals surface area contributed by atoms with Gasteiger partial charge in [0.25, 0.3) is 7.82 Å². The Bertz CT molecular complexity index is 381. The van der Waals surface area contributed by atoms with E-state index in [-0.39, 0.29) is 116 Å². The van der Waals surface area contributed by atoms with E-state index in [1.54, 1.807) is 18.2 Å². The smallest absolute Gasteiger partial charge is 0.756 e. The number of carboxylic acid groups (broad SMARTS) is 1. The van der Waals surface area contributed by atoms with Gasteiger partial charge in [0.15, 0.2) is 0 Å². The summed E-state index contributed by atoms with van der Waals surface area (Å²) in [7, 11) is -4.89. The average Bonchev–Trinajstić information content (AvgIpc) is 2.17. The zero-order valence-electron chi connectivity index (χ0n) is 11.1. The molecule has 0 aromatic heterocycles. The van der Waals surface area contributed by atoms with E-state index in [2.05, 4.69) is 0 Å². The number of benzene rings is 1. The van der Waals surface area contributed by atoms with Gasteiger partial charge >= 0.3 is 110 Å². The molecule has 0 saturated heterocycles. The number of phosphoric acid groups is 1. The second kappa shape index (κ2) is 20.8. The Hall–Kier alpha value is 1.84. The normalized spacial score (nSPS) is 7.55. The quantitative estimate of drug-likeness (QED) is 0.217. The number of carboxylic acids is 1. The van der Waals surface area contributed by atoms with Crippen molar-refractivity contribution in [1.29, 1.82) is 0 Å². The molecule has 0 bridgehead atoms. The number of nitrogens with zero attached hydrogens (tertiary/aromatic N) is 1. The summed E-state index contributed by atoms with van der Waals surface area (Å²) in [5, 5.41) is 19.1. The number of carbonyl (C=O) groups is 1. The Labute approximate surface area is 201 Å². The topological polar surface area (TPSA) is 173 Å². The van der Waals surface area contributed by atoms with E-state index in [1.165, 1.54) is 12.1 Å². The van der Waals surface area contributed by atoms with Crippen molar-refractivity contribution < 1.29 is 140 Å². The van der Waals surface area contributed by atoms with Crippen molar-refractivity contribution in [2.45, 2.75) is 0 Å². The van der Waals surface area contributed by atoms with Crippen LogP contribution in [0.3, 0.4) is 0 Å². The van der Waals surface area contributed by atoms with Crippen LogP contribution in [0.2, 0.25) is 0 Å². The molecule has 0 heterocycles. The van der Waals surface area contributed by atoms with Crippen molar-refractivity contribution >= 4 is 13.8 Å². The van der Waals surface area contributed by atoms with Crippen LogP contribution in [0.25, 0.3) is 0 Å². The average molecular weight is 349 g/mol. The Morgan fingerprint density at radius 1 is 1.15 bits per heavy atom. The predicted octanol–water partition coefficient (Wildman–Crippen LogP) is -10.2. The van der Waals surface area contributed by atoms with Crippen molar-refractivity contribution in [3.05, 3.63) is 46.0 Å². The van der Waals surface area contributed by atoms with E-state index < -0.39 is 13.8 Å². The summed E-state index contributed by atoms with van der Waals surface area (Å²) in [6.45, 7) is 0. The number of hydrogen-bond acceptors (Lipinski definition) is 7. The fraction of sp³-hybridized carbons (Fsp3) is 0. The molecule has 96 valence electrons. The molecule has 0 radical (unpaired) electrons. The first kappa shape index (κ1) is 33.4. The summed E-state index contributed by atoms with van der Waals surface area (Å²) in [6, 6.07) is 8.06. The molecule has 0 atom stereocenters. The molecule has 2 N–H and O–H groups in total. The minimum absolute atomic E-state index is 0. The molecule has 9 nitrogen and oxygen atoms in total. The van der Waals surface area contributed by atoms with E-state index in [0.29, 0.717) is 0 Å². The van der Waals surface area contributed by atoms with E-state index in [9.17, 15) is 9.90 Å². The molecule has 0 aliphatic rings. The number of rotatable bonds is 1. The van der Waals surface area contributed by atoms with Gasteiger partial charge in [-0.15, -0.1) is 5.34 Å². The number of carbonyl (C=O) groups excluding carboxylic acids is 1. The minimum Gasteiger partial charge on any atom is -0.756 e. The largest absolute Gasteiger partial charge is 1.00 e. The summed E-state index contributed by atoms with van der Waals surface area (Å²) in [4.78, 5) is 41.0. The molecular weight excluding hydrogens is 342 g/mol. The molecule has 0 fully saturated rings. The van der Waals surface area contributed by atoms with Crippen LogP contribution in [0.15, 0.2) is 35.7 Å². The van der Waals surface area contributed by atoms with Crippen molar-refractivity contribution in [3.63, 3.8) is 0 Å². The van der Waals surface area contributed by atoms with Crippen LogP contribution in [-0.4, -0.2) is 15.8 Å². The molecule has 0 amide bonds.